The Balaban J connectivity index is 1.69. The molecule has 0 bridgehead atoms. The van der Waals surface area contributed by atoms with E-state index in [0.717, 1.165) is 0 Å². The fraction of sp³-hybridized carbons (Fsp3) is 1.00. The first-order chi connectivity index (χ1) is 16.0. The molecule has 0 aromatic heterocycles. The van der Waals surface area contributed by atoms with Crippen LogP contribution in [-0.2, 0) is 23.7 Å². The molecule has 3 rings (SSSR count). The van der Waals surface area contributed by atoms with E-state index in [4.69, 9.17) is 23.7 Å². The maximum Gasteiger partial charge on any atom is 0.224 e. The van der Waals surface area contributed by atoms with Crippen molar-refractivity contribution in [3.05, 3.63) is 0 Å². The molecule has 11 N–H and O–H groups in total. The van der Waals surface area contributed by atoms with Gasteiger partial charge in [0.25, 0.3) is 0 Å². The van der Waals surface area contributed by atoms with Gasteiger partial charge >= 0.3 is 0 Å². The molecule has 14 atom stereocenters. The van der Waals surface area contributed by atoms with Crippen LogP contribution in [0.1, 0.15) is 0 Å². The predicted octanol–water partition coefficient (Wildman–Crippen LogP) is -7.57. The molecule has 200 valence electrons. The maximum absolute atomic E-state index is 10.3. The molecule has 5 unspecified atom stereocenters. The average Bonchev–Trinajstić information content (AvgIpc) is 3.08. The van der Waals surface area contributed by atoms with Gasteiger partial charge in [-0.05, 0) is 0 Å². The highest BCUT2D eigenvalue weighted by molar-refractivity contribution is 4.98. The first kappa shape index (κ1) is 27.9. The normalized spacial score (nSPS) is 52.1. The third kappa shape index (κ3) is 5.09. The average molecular weight is 504 g/mol. The lowest BCUT2D eigenvalue weighted by Gasteiger charge is -2.44. The molecule has 3 fully saturated rings. The van der Waals surface area contributed by atoms with Gasteiger partial charge in [-0.3, -0.25) is 0 Å². The van der Waals surface area contributed by atoms with E-state index in [1.807, 2.05) is 0 Å². The van der Waals surface area contributed by atoms with Crippen molar-refractivity contribution in [2.75, 3.05) is 26.4 Å². The van der Waals surface area contributed by atoms with Gasteiger partial charge in [0.1, 0.15) is 73.8 Å². The van der Waals surface area contributed by atoms with E-state index in [0.29, 0.717) is 0 Å². The maximum atomic E-state index is 10.3. The number of hydrogen-bond acceptors (Lipinski definition) is 16. The fourth-order valence-electron chi connectivity index (χ4n) is 4.01. The summed E-state index contributed by atoms with van der Waals surface area (Å²) in [7, 11) is 0. The van der Waals surface area contributed by atoms with E-state index in [2.05, 4.69) is 0 Å². The summed E-state index contributed by atoms with van der Waals surface area (Å²) in [6, 6.07) is 0. The molecule has 0 amide bonds. The second kappa shape index (κ2) is 11.2. The Kier molecular flexibility index (Phi) is 9.18. The lowest BCUT2D eigenvalue weighted by molar-refractivity contribution is -0.388. The summed E-state index contributed by atoms with van der Waals surface area (Å²) in [6.07, 6.45) is -21.8. The first-order valence-electron chi connectivity index (χ1n) is 10.6. The quantitative estimate of drug-likeness (QED) is 0.146. The second-order valence-electron chi connectivity index (χ2n) is 8.41. The summed E-state index contributed by atoms with van der Waals surface area (Å²) < 4.78 is 26.4. The smallest absolute Gasteiger partial charge is 0.224 e. The van der Waals surface area contributed by atoms with E-state index >= 15 is 0 Å². The molecule has 0 saturated carbocycles. The fourth-order valence-corrected chi connectivity index (χ4v) is 4.01. The summed E-state index contributed by atoms with van der Waals surface area (Å²) in [6.45, 7) is -3.14. The molecule has 3 heterocycles. The van der Waals surface area contributed by atoms with E-state index in [-0.39, 0.29) is 0 Å². The van der Waals surface area contributed by atoms with Crippen LogP contribution in [0.15, 0.2) is 0 Å². The molecule has 3 aliphatic rings. The van der Waals surface area contributed by atoms with Crippen LogP contribution in [0.5, 0.6) is 0 Å². The van der Waals surface area contributed by atoms with Crippen molar-refractivity contribution in [2.24, 2.45) is 0 Å². The number of hydrogen-bond donors (Lipinski definition) is 11. The van der Waals surface area contributed by atoms with Gasteiger partial charge in [0.05, 0.1) is 19.8 Å². The first-order valence-corrected chi connectivity index (χ1v) is 10.6. The van der Waals surface area contributed by atoms with Crippen LogP contribution >= 0.6 is 0 Å². The van der Waals surface area contributed by atoms with Crippen LogP contribution in [0.25, 0.3) is 0 Å². The molecule has 16 nitrogen and oxygen atoms in total. The van der Waals surface area contributed by atoms with Gasteiger partial charge in [-0.2, -0.15) is 0 Å². The minimum absolute atomic E-state index is 0.634. The molecule has 34 heavy (non-hydrogen) atoms. The lowest BCUT2D eigenvalue weighted by Crippen LogP contribution is -2.63. The van der Waals surface area contributed by atoms with Gasteiger partial charge in [0.2, 0.25) is 5.79 Å². The lowest BCUT2D eigenvalue weighted by atomic mass is 9.98. The van der Waals surface area contributed by atoms with Crippen molar-refractivity contribution >= 4 is 0 Å². The van der Waals surface area contributed by atoms with Gasteiger partial charge in [0.15, 0.2) is 12.6 Å². The molecule has 3 aliphatic heterocycles. The number of ether oxygens (including phenoxy) is 5. The minimum atomic E-state index is -2.36. The van der Waals surface area contributed by atoms with Crippen LogP contribution in [0.4, 0.5) is 0 Å². The van der Waals surface area contributed by atoms with E-state index in [9.17, 15) is 56.2 Å². The summed E-state index contributed by atoms with van der Waals surface area (Å²) in [5.74, 6) is -2.36. The molecule has 0 radical (unpaired) electrons. The van der Waals surface area contributed by atoms with Crippen molar-refractivity contribution in [1.29, 1.82) is 0 Å². The zero-order valence-corrected chi connectivity index (χ0v) is 17.8. The van der Waals surface area contributed by atoms with Gasteiger partial charge in [-0.15, -0.1) is 0 Å². The molecular weight excluding hydrogens is 472 g/mol. The van der Waals surface area contributed by atoms with Crippen LogP contribution < -0.4 is 0 Å². The second-order valence-corrected chi connectivity index (χ2v) is 8.41. The van der Waals surface area contributed by atoms with Crippen LogP contribution in [-0.4, -0.2) is 168 Å². The van der Waals surface area contributed by atoms with Crippen LogP contribution in [0, 0.1) is 0 Å². The van der Waals surface area contributed by atoms with Crippen molar-refractivity contribution < 1.29 is 79.9 Å². The van der Waals surface area contributed by atoms with E-state index < -0.39 is 112 Å². The number of aliphatic hydroxyl groups is 11. The van der Waals surface area contributed by atoms with Crippen LogP contribution in [0.2, 0.25) is 0 Å². The number of rotatable bonds is 8. The standard InChI is InChI=1S/C18H32O16/c19-1-5-8(22)11(25)13(27)16(31-5)30-3-7-9(23)12(26)14(28)17(32-7)34-18(4-21)15(29)10(24)6(2-20)33-18/h5-17,19-29H,1-4H2/t5?,6-,7?,8+,9-,10-,11?,12+,13+,14?,15?,16-,17+,18+/m1/s1. The molecule has 3 saturated heterocycles. The molecule has 16 heteroatoms. The van der Waals surface area contributed by atoms with E-state index in [1.54, 1.807) is 0 Å². The monoisotopic (exact) mass is 504 g/mol. The van der Waals surface area contributed by atoms with Gasteiger partial charge in [-0.25, -0.2) is 0 Å². The molecular formula is C18H32O16. The topological polar surface area (TPSA) is 269 Å². The highest BCUT2D eigenvalue weighted by Gasteiger charge is 2.58. The third-order valence-electron chi connectivity index (χ3n) is 6.16. The molecule has 0 spiro atoms. The summed E-state index contributed by atoms with van der Waals surface area (Å²) in [5.41, 5.74) is 0. The zero-order valence-electron chi connectivity index (χ0n) is 17.8. The Morgan fingerprint density at radius 2 is 1.12 bits per heavy atom. The van der Waals surface area contributed by atoms with Gasteiger partial charge in [0, 0.05) is 0 Å². The van der Waals surface area contributed by atoms with Gasteiger partial charge < -0.3 is 79.9 Å². The summed E-state index contributed by atoms with van der Waals surface area (Å²) in [5, 5.41) is 109. The van der Waals surface area contributed by atoms with E-state index in [1.165, 1.54) is 0 Å². The Labute approximate surface area is 192 Å². The van der Waals surface area contributed by atoms with Crippen molar-refractivity contribution in [2.45, 2.75) is 85.5 Å². The minimum Gasteiger partial charge on any atom is -0.394 e. The Morgan fingerprint density at radius 1 is 0.588 bits per heavy atom. The largest absolute Gasteiger partial charge is 0.394 e. The van der Waals surface area contributed by atoms with Crippen molar-refractivity contribution in [1.82, 2.24) is 0 Å². The Bertz CT molecular complexity index is 653. The van der Waals surface area contributed by atoms with Crippen molar-refractivity contribution in [3.63, 3.8) is 0 Å². The van der Waals surface area contributed by atoms with Crippen molar-refractivity contribution in [3.8, 4) is 0 Å². The highest BCUT2D eigenvalue weighted by atomic mass is 16.8. The van der Waals surface area contributed by atoms with Crippen LogP contribution in [0.3, 0.4) is 0 Å². The third-order valence-corrected chi connectivity index (χ3v) is 6.16. The molecule has 0 aromatic rings. The Hall–Kier alpha value is -0.640. The summed E-state index contributed by atoms with van der Waals surface area (Å²) in [4.78, 5) is 0. The highest BCUT2D eigenvalue weighted by Crippen LogP contribution is 2.36. The number of aliphatic hydroxyl groups excluding tert-OH is 11. The zero-order chi connectivity index (χ0) is 25.4. The SMILES string of the molecule is OCC1O[C@@H](OCC2O[C@@H](O[C@]3(CO)O[C@H](CO)[C@@H](O)C3O)C(O)[C@@H](O)[C@@H]2O)[C@@H](O)C(O)[C@H]1O. The predicted molar refractivity (Wildman–Crippen MR) is 101 cm³/mol. The Morgan fingerprint density at radius 3 is 1.65 bits per heavy atom. The van der Waals surface area contributed by atoms with Gasteiger partial charge in [-0.1, -0.05) is 0 Å². The summed E-state index contributed by atoms with van der Waals surface area (Å²) >= 11 is 0. The molecule has 0 aliphatic carbocycles. The molecule has 0 aromatic carbocycles.